The molecule has 1 atom stereocenters. The number of nitrogens with zero attached hydrogens (tertiary/aromatic N) is 2. The molecule has 27 heavy (non-hydrogen) atoms. The lowest BCUT2D eigenvalue weighted by molar-refractivity contribution is 0.0955. The van der Waals surface area contributed by atoms with Gasteiger partial charge in [0.25, 0.3) is 5.91 Å². The minimum Gasteiger partial charge on any atom is -0.497 e. The summed E-state index contributed by atoms with van der Waals surface area (Å²) < 4.78 is 11.1. The Morgan fingerprint density at radius 3 is 2.78 bits per heavy atom. The van der Waals surface area contributed by atoms with Crippen LogP contribution in [-0.2, 0) is 0 Å². The van der Waals surface area contributed by atoms with Gasteiger partial charge < -0.3 is 19.7 Å². The highest BCUT2D eigenvalue weighted by molar-refractivity contribution is 5.94. The zero-order valence-electron chi connectivity index (χ0n) is 16.0. The van der Waals surface area contributed by atoms with E-state index in [4.69, 9.17) is 9.47 Å². The molecule has 1 amide bonds. The van der Waals surface area contributed by atoms with Crippen molar-refractivity contribution in [2.45, 2.75) is 19.8 Å². The summed E-state index contributed by atoms with van der Waals surface area (Å²) in [7, 11) is 1.65. The fourth-order valence-corrected chi connectivity index (χ4v) is 3.29. The van der Waals surface area contributed by atoms with Crippen LogP contribution in [0.4, 0.5) is 5.82 Å². The minimum absolute atomic E-state index is 0.0578. The van der Waals surface area contributed by atoms with E-state index in [1.807, 2.05) is 37.3 Å². The first-order valence-electron chi connectivity index (χ1n) is 9.45. The number of carbonyl (C=O) groups is 1. The normalized spacial score (nSPS) is 16.7. The molecule has 2 heterocycles. The predicted molar refractivity (Wildman–Crippen MR) is 106 cm³/mol. The third-order valence-corrected chi connectivity index (χ3v) is 4.73. The van der Waals surface area contributed by atoms with Gasteiger partial charge in [0.2, 0.25) is 0 Å². The largest absolute Gasteiger partial charge is 0.497 e. The maximum atomic E-state index is 12.1. The Bertz CT molecular complexity index is 749. The van der Waals surface area contributed by atoms with Crippen molar-refractivity contribution in [3.8, 4) is 11.5 Å². The van der Waals surface area contributed by atoms with E-state index in [1.54, 1.807) is 19.4 Å². The number of benzene rings is 1. The van der Waals surface area contributed by atoms with Crippen LogP contribution in [0.5, 0.6) is 11.5 Å². The number of hydrogen-bond donors (Lipinski definition) is 1. The molecule has 1 aliphatic rings. The molecule has 1 fully saturated rings. The van der Waals surface area contributed by atoms with Crippen LogP contribution in [0.2, 0.25) is 0 Å². The van der Waals surface area contributed by atoms with Gasteiger partial charge in [0.05, 0.1) is 13.7 Å². The van der Waals surface area contributed by atoms with Crippen LogP contribution in [-0.4, -0.2) is 44.2 Å². The summed E-state index contributed by atoms with van der Waals surface area (Å²) >= 11 is 0. The standard InChI is InChI=1S/C21H27N3O3/c1-3-22-21(25)17-10-11-23-20(13-17)24-12-4-5-16(14-24)15-27-19-8-6-18(26-2)7-9-19/h6-11,13,16H,3-5,12,14-15H2,1-2H3,(H,22,25)/t16-/m0/s1. The summed E-state index contributed by atoms with van der Waals surface area (Å²) in [5.74, 6) is 2.90. The summed E-state index contributed by atoms with van der Waals surface area (Å²) in [6.07, 6.45) is 3.92. The second-order valence-electron chi connectivity index (χ2n) is 6.70. The van der Waals surface area contributed by atoms with Crippen molar-refractivity contribution >= 4 is 11.7 Å². The summed E-state index contributed by atoms with van der Waals surface area (Å²) in [4.78, 5) is 18.8. The molecular formula is C21H27N3O3. The van der Waals surface area contributed by atoms with Crippen LogP contribution < -0.4 is 19.7 Å². The van der Waals surface area contributed by atoms with Gasteiger partial charge >= 0.3 is 0 Å². The van der Waals surface area contributed by atoms with Gasteiger partial charge in [-0.05, 0) is 56.2 Å². The number of ether oxygens (including phenoxy) is 2. The number of rotatable bonds is 7. The average Bonchev–Trinajstić information content (AvgIpc) is 2.73. The third-order valence-electron chi connectivity index (χ3n) is 4.73. The van der Waals surface area contributed by atoms with E-state index in [0.29, 0.717) is 24.6 Å². The third kappa shape index (κ3) is 5.12. The minimum atomic E-state index is -0.0578. The quantitative estimate of drug-likeness (QED) is 0.812. The van der Waals surface area contributed by atoms with Crippen molar-refractivity contribution in [1.82, 2.24) is 10.3 Å². The van der Waals surface area contributed by atoms with Gasteiger partial charge in [0.15, 0.2) is 0 Å². The molecule has 0 saturated carbocycles. The van der Waals surface area contributed by atoms with E-state index in [2.05, 4.69) is 15.2 Å². The summed E-state index contributed by atoms with van der Waals surface area (Å²) in [6.45, 7) is 5.02. The van der Waals surface area contributed by atoms with Gasteiger partial charge in [-0.2, -0.15) is 0 Å². The van der Waals surface area contributed by atoms with Gasteiger partial charge in [-0.25, -0.2) is 4.98 Å². The van der Waals surface area contributed by atoms with Crippen molar-refractivity contribution in [3.63, 3.8) is 0 Å². The van der Waals surface area contributed by atoms with Crippen LogP contribution in [0.15, 0.2) is 42.6 Å². The Morgan fingerprint density at radius 2 is 2.04 bits per heavy atom. The number of methoxy groups -OCH3 is 1. The Labute approximate surface area is 160 Å². The van der Waals surface area contributed by atoms with Crippen LogP contribution >= 0.6 is 0 Å². The number of piperidine rings is 1. The van der Waals surface area contributed by atoms with Gasteiger partial charge in [0, 0.05) is 37.3 Å². The highest BCUT2D eigenvalue weighted by Crippen LogP contribution is 2.24. The van der Waals surface area contributed by atoms with Crippen LogP contribution in [0.25, 0.3) is 0 Å². The Kier molecular flexibility index (Phi) is 6.52. The van der Waals surface area contributed by atoms with Gasteiger partial charge in [-0.1, -0.05) is 0 Å². The van der Waals surface area contributed by atoms with Crippen molar-refractivity contribution in [1.29, 1.82) is 0 Å². The molecule has 0 radical (unpaired) electrons. The Balaban J connectivity index is 1.58. The molecule has 3 rings (SSSR count). The first-order valence-corrected chi connectivity index (χ1v) is 9.45. The second-order valence-corrected chi connectivity index (χ2v) is 6.70. The maximum Gasteiger partial charge on any atom is 0.251 e. The van der Waals surface area contributed by atoms with Crippen LogP contribution in [0, 0.1) is 5.92 Å². The monoisotopic (exact) mass is 369 g/mol. The van der Waals surface area contributed by atoms with E-state index in [0.717, 1.165) is 43.2 Å². The molecule has 6 heteroatoms. The van der Waals surface area contributed by atoms with Crippen LogP contribution in [0.1, 0.15) is 30.1 Å². The molecule has 2 aromatic rings. The average molecular weight is 369 g/mol. The fourth-order valence-electron chi connectivity index (χ4n) is 3.29. The first-order chi connectivity index (χ1) is 13.2. The fraction of sp³-hybridized carbons (Fsp3) is 0.429. The van der Waals surface area contributed by atoms with E-state index in [9.17, 15) is 4.79 Å². The molecule has 0 bridgehead atoms. The number of amides is 1. The van der Waals surface area contributed by atoms with Crippen molar-refractivity contribution in [2.24, 2.45) is 5.92 Å². The van der Waals surface area contributed by atoms with Gasteiger partial charge in [-0.15, -0.1) is 0 Å². The molecule has 1 aliphatic heterocycles. The molecule has 0 spiro atoms. The molecule has 6 nitrogen and oxygen atoms in total. The number of carbonyl (C=O) groups excluding carboxylic acids is 1. The van der Waals surface area contributed by atoms with Gasteiger partial charge in [0.1, 0.15) is 17.3 Å². The van der Waals surface area contributed by atoms with Crippen molar-refractivity contribution in [2.75, 3.05) is 38.3 Å². The van der Waals surface area contributed by atoms with Crippen LogP contribution in [0.3, 0.4) is 0 Å². The van der Waals surface area contributed by atoms with Crippen molar-refractivity contribution in [3.05, 3.63) is 48.2 Å². The first kappa shape index (κ1) is 19.0. The summed E-state index contributed by atoms with van der Waals surface area (Å²) in [5, 5.41) is 2.83. The SMILES string of the molecule is CCNC(=O)c1ccnc(N2CCC[C@H](COc3ccc(OC)cc3)C2)c1. The second kappa shape index (κ2) is 9.26. The molecule has 0 aliphatic carbocycles. The number of nitrogens with one attached hydrogen (secondary N) is 1. The van der Waals surface area contributed by atoms with Gasteiger partial charge in [-0.3, -0.25) is 4.79 Å². The predicted octanol–water partition coefficient (Wildman–Crippen LogP) is 3.14. The molecule has 1 aromatic carbocycles. The summed E-state index contributed by atoms with van der Waals surface area (Å²) in [5.41, 5.74) is 0.651. The highest BCUT2D eigenvalue weighted by Gasteiger charge is 2.22. The number of anilines is 1. The molecule has 1 aromatic heterocycles. The lowest BCUT2D eigenvalue weighted by Crippen LogP contribution is -2.38. The van der Waals surface area contributed by atoms with E-state index >= 15 is 0 Å². The zero-order chi connectivity index (χ0) is 19.1. The number of hydrogen-bond acceptors (Lipinski definition) is 5. The maximum absolute atomic E-state index is 12.1. The van der Waals surface area contributed by atoms with E-state index in [-0.39, 0.29) is 5.91 Å². The number of pyridine rings is 1. The Hall–Kier alpha value is -2.76. The molecule has 1 N–H and O–H groups in total. The van der Waals surface area contributed by atoms with Crippen molar-refractivity contribution < 1.29 is 14.3 Å². The topological polar surface area (TPSA) is 63.7 Å². The smallest absolute Gasteiger partial charge is 0.251 e. The van der Waals surface area contributed by atoms with E-state index < -0.39 is 0 Å². The highest BCUT2D eigenvalue weighted by atomic mass is 16.5. The zero-order valence-corrected chi connectivity index (χ0v) is 16.0. The lowest BCUT2D eigenvalue weighted by atomic mass is 9.99. The number of aromatic nitrogens is 1. The molecular weight excluding hydrogens is 342 g/mol. The van der Waals surface area contributed by atoms with E-state index in [1.165, 1.54) is 0 Å². The summed E-state index contributed by atoms with van der Waals surface area (Å²) in [6, 6.07) is 11.3. The molecule has 1 saturated heterocycles. The Morgan fingerprint density at radius 1 is 1.26 bits per heavy atom. The molecule has 144 valence electrons. The lowest BCUT2D eigenvalue weighted by Gasteiger charge is -2.33. The molecule has 0 unspecified atom stereocenters.